The third-order valence-electron chi connectivity index (χ3n) is 5.39. The number of hydrogen-bond acceptors (Lipinski definition) is 6. The first-order valence-electron chi connectivity index (χ1n) is 11.1. The van der Waals surface area contributed by atoms with E-state index in [2.05, 4.69) is 20.3 Å². The molecule has 10 heteroatoms. The molecule has 0 amide bonds. The van der Waals surface area contributed by atoms with Crippen molar-refractivity contribution in [3.63, 3.8) is 0 Å². The average molecular weight is 542 g/mol. The van der Waals surface area contributed by atoms with E-state index < -0.39 is 10.0 Å². The fraction of sp³-hybridized carbons (Fsp3) is 0.115. The minimum absolute atomic E-state index is 0.120. The Kier molecular flexibility index (Phi) is 8.20. The van der Waals surface area contributed by atoms with Gasteiger partial charge in [0.05, 0.1) is 10.6 Å². The molecule has 0 fully saturated rings. The number of rotatable bonds is 10. The first kappa shape index (κ1) is 25.6. The van der Waals surface area contributed by atoms with E-state index >= 15 is 0 Å². The SMILES string of the molecule is Nc1ccccc1Cc1cc(Cl)ccc1S(=O)(=O)Nc1cccnc1NCCNc1ccc(Cl)cc1. The van der Waals surface area contributed by atoms with Crippen LogP contribution in [0, 0.1) is 0 Å². The van der Waals surface area contributed by atoms with Crippen molar-refractivity contribution < 1.29 is 8.42 Å². The number of nitrogens with two attached hydrogens (primary N) is 1. The summed E-state index contributed by atoms with van der Waals surface area (Å²) >= 11 is 12.1. The van der Waals surface area contributed by atoms with Crippen molar-refractivity contribution in [2.75, 3.05) is 34.2 Å². The number of benzene rings is 3. The molecule has 0 saturated heterocycles. The Morgan fingerprint density at radius 2 is 1.53 bits per heavy atom. The van der Waals surface area contributed by atoms with Crippen LogP contribution in [0.2, 0.25) is 10.0 Å². The third-order valence-corrected chi connectivity index (χ3v) is 7.34. The second-order valence-corrected chi connectivity index (χ2v) is 10.5. The molecule has 7 nitrogen and oxygen atoms in total. The van der Waals surface area contributed by atoms with Crippen LogP contribution in [0.25, 0.3) is 0 Å². The van der Waals surface area contributed by atoms with Crippen molar-refractivity contribution in [1.29, 1.82) is 0 Å². The Labute approximate surface area is 220 Å². The maximum atomic E-state index is 13.4. The van der Waals surface area contributed by atoms with Gasteiger partial charge in [0.2, 0.25) is 0 Å². The summed E-state index contributed by atoms with van der Waals surface area (Å²) in [6, 6.07) is 22.7. The van der Waals surface area contributed by atoms with Crippen molar-refractivity contribution in [3.8, 4) is 0 Å². The number of nitrogens with zero attached hydrogens (tertiary/aromatic N) is 1. The van der Waals surface area contributed by atoms with Crippen molar-refractivity contribution in [2.24, 2.45) is 0 Å². The van der Waals surface area contributed by atoms with Gasteiger partial charge in [-0.3, -0.25) is 4.72 Å². The molecule has 0 atom stereocenters. The van der Waals surface area contributed by atoms with Crippen LogP contribution in [0.15, 0.2) is 90.0 Å². The molecule has 1 heterocycles. The van der Waals surface area contributed by atoms with Gasteiger partial charge in [0.25, 0.3) is 10.0 Å². The van der Waals surface area contributed by atoms with Crippen LogP contribution in [0.4, 0.5) is 22.9 Å². The number of nitrogen functional groups attached to an aromatic ring is 1. The number of sulfonamides is 1. The first-order chi connectivity index (χ1) is 17.3. The minimum Gasteiger partial charge on any atom is -0.398 e. The van der Waals surface area contributed by atoms with Gasteiger partial charge in [0.15, 0.2) is 0 Å². The molecule has 4 rings (SSSR count). The largest absolute Gasteiger partial charge is 0.398 e. The van der Waals surface area contributed by atoms with E-state index in [1.807, 2.05) is 30.3 Å². The predicted octanol–water partition coefficient (Wildman–Crippen LogP) is 5.89. The van der Waals surface area contributed by atoms with Gasteiger partial charge in [0.1, 0.15) is 5.82 Å². The molecule has 1 aromatic heterocycles. The first-order valence-corrected chi connectivity index (χ1v) is 13.4. The lowest BCUT2D eigenvalue weighted by Crippen LogP contribution is -2.19. The van der Waals surface area contributed by atoms with E-state index in [9.17, 15) is 8.42 Å². The highest BCUT2D eigenvalue weighted by molar-refractivity contribution is 7.92. The van der Waals surface area contributed by atoms with Crippen LogP contribution >= 0.6 is 23.2 Å². The van der Waals surface area contributed by atoms with Crippen LogP contribution in [0.1, 0.15) is 11.1 Å². The van der Waals surface area contributed by atoms with Crippen LogP contribution in [-0.4, -0.2) is 26.5 Å². The zero-order chi connectivity index (χ0) is 25.5. The Bertz CT molecular complexity index is 1450. The topological polar surface area (TPSA) is 109 Å². The molecule has 3 aromatic carbocycles. The lowest BCUT2D eigenvalue weighted by atomic mass is 10.0. The van der Waals surface area contributed by atoms with Gasteiger partial charge >= 0.3 is 0 Å². The molecule has 0 saturated carbocycles. The van der Waals surface area contributed by atoms with Crippen molar-refractivity contribution >= 4 is 56.1 Å². The van der Waals surface area contributed by atoms with E-state index in [0.29, 0.717) is 52.3 Å². The maximum Gasteiger partial charge on any atom is 0.262 e. The highest BCUT2D eigenvalue weighted by Crippen LogP contribution is 2.28. The smallest absolute Gasteiger partial charge is 0.262 e. The van der Waals surface area contributed by atoms with Crippen LogP contribution < -0.4 is 21.1 Å². The van der Waals surface area contributed by atoms with E-state index in [1.54, 1.807) is 48.7 Å². The summed E-state index contributed by atoms with van der Waals surface area (Å²) < 4.78 is 29.5. The molecule has 4 aromatic rings. The molecule has 36 heavy (non-hydrogen) atoms. The van der Waals surface area contributed by atoms with E-state index in [-0.39, 0.29) is 4.90 Å². The van der Waals surface area contributed by atoms with Gasteiger partial charge in [-0.05, 0) is 71.8 Å². The van der Waals surface area contributed by atoms with Crippen LogP contribution in [-0.2, 0) is 16.4 Å². The number of pyridine rings is 1. The van der Waals surface area contributed by atoms with Crippen molar-refractivity contribution in [3.05, 3.63) is 106 Å². The monoisotopic (exact) mass is 541 g/mol. The molecule has 0 bridgehead atoms. The fourth-order valence-corrected chi connectivity index (χ4v) is 5.24. The average Bonchev–Trinajstić information content (AvgIpc) is 2.85. The minimum atomic E-state index is -3.95. The Hall–Kier alpha value is -3.46. The Morgan fingerprint density at radius 3 is 2.31 bits per heavy atom. The third kappa shape index (κ3) is 6.60. The molecular weight excluding hydrogens is 517 g/mol. The zero-order valence-electron chi connectivity index (χ0n) is 19.2. The molecule has 0 aliphatic carbocycles. The van der Waals surface area contributed by atoms with E-state index in [1.165, 1.54) is 6.07 Å². The Morgan fingerprint density at radius 1 is 0.806 bits per heavy atom. The van der Waals surface area contributed by atoms with Crippen molar-refractivity contribution in [1.82, 2.24) is 4.98 Å². The molecule has 0 aliphatic rings. The summed E-state index contributed by atoms with van der Waals surface area (Å²) in [4.78, 5) is 4.43. The standard InChI is InChI=1S/C26H25Cl2N5O2S/c27-20-7-10-22(11-8-20)30-14-15-32-26-24(6-3-13-31-26)33-36(34,35)25-12-9-21(28)17-19(25)16-18-4-1-2-5-23(18)29/h1-13,17,30,33H,14-16,29H2,(H,31,32). The van der Waals surface area contributed by atoms with Gasteiger partial charge in [-0.1, -0.05) is 41.4 Å². The molecular formula is C26H25Cl2N5O2S. The van der Waals surface area contributed by atoms with Crippen molar-refractivity contribution in [2.45, 2.75) is 11.3 Å². The molecule has 0 aliphatic heterocycles. The van der Waals surface area contributed by atoms with Gasteiger partial charge < -0.3 is 16.4 Å². The van der Waals surface area contributed by atoms with E-state index in [0.717, 1.165) is 11.3 Å². The quantitative estimate of drug-likeness (QED) is 0.147. The van der Waals surface area contributed by atoms with Gasteiger partial charge in [0, 0.05) is 47.1 Å². The second-order valence-electron chi connectivity index (χ2n) is 7.99. The molecule has 5 N–H and O–H groups in total. The summed E-state index contributed by atoms with van der Waals surface area (Å²) in [5.41, 5.74) is 9.29. The number of para-hydroxylation sites is 1. The number of halogens is 2. The number of aromatic nitrogens is 1. The summed E-state index contributed by atoms with van der Waals surface area (Å²) in [5, 5.41) is 7.55. The maximum absolute atomic E-state index is 13.4. The van der Waals surface area contributed by atoms with E-state index in [4.69, 9.17) is 28.9 Å². The van der Waals surface area contributed by atoms with Crippen LogP contribution in [0.5, 0.6) is 0 Å². The fourth-order valence-electron chi connectivity index (χ4n) is 3.63. The highest BCUT2D eigenvalue weighted by atomic mass is 35.5. The number of nitrogens with one attached hydrogen (secondary N) is 3. The lowest BCUT2D eigenvalue weighted by molar-refractivity contribution is 0.600. The summed E-state index contributed by atoms with van der Waals surface area (Å²) in [5.74, 6) is 0.418. The normalized spacial score (nSPS) is 11.2. The molecule has 0 unspecified atom stereocenters. The lowest BCUT2D eigenvalue weighted by Gasteiger charge is -2.16. The Balaban J connectivity index is 1.49. The van der Waals surface area contributed by atoms with Gasteiger partial charge in [-0.25, -0.2) is 13.4 Å². The van der Waals surface area contributed by atoms with Gasteiger partial charge in [-0.2, -0.15) is 0 Å². The molecule has 186 valence electrons. The summed E-state index contributed by atoms with van der Waals surface area (Å²) in [7, 11) is -3.95. The van der Waals surface area contributed by atoms with Crippen LogP contribution in [0.3, 0.4) is 0 Å². The summed E-state index contributed by atoms with van der Waals surface area (Å²) in [6.07, 6.45) is 1.91. The molecule has 0 spiro atoms. The highest BCUT2D eigenvalue weighted by Gasteiger charge is 2.21. The zero-order valence-corrected chi connectivity index (χ0v) is 21.5. The predicted molar refractivity (Wildman–Crippen MR) is 149 cm³/mol. The second kappa shape index (κ2) is 11.5. The van der Waals surface area contributed by atoms with Gasteiger partial charge in [-0.15, -0.1) is 0 Å². The number of anilines is 4. The molecule has 0 radical (unpaired) electrons. The summed E-state index contributed by atoms with van der Waals surface area (Å²) in [6.45, 7) is 1.10. The number of hydrogen-bond donors (Lipinski definition) is 4.